The van der Waals surface area contributed by atoms with E-state index < -0.39 is 11.6 Å². The highest BCUT2D eigenvalue weighted by Crippen LogP contribution is 2.45. The van der Waals surface area contributed by atoms with E-state index in [4.69, 9.17) is 0 Å². The monoisotopic (exact) mass is 345 g/mol. The van der Waals surface area contributed by atoms with Crippen molar-refractivity contribution in [3.63, 3.8) is 0 Å². The summed E-state index contributed by atoms with van der Waals surface area (Å²) in [5.41, 5.74) is -0.0415. The lowest BCUT2D eigenvalue weighted by Crippen LogP contribution is -2.64. The summed E-state index contributed by atoms with van der Waals surface area (Å²) in [6.07, 6.45) is 4.98. The molecule has 2 saturated heterocycles. The summed E-state index contributed by atoms with van der Waals surface area (Å²) in [6, 6.07) is 3.55. The summed E-state index contributed by atoms with van der Waals surface area (Å²) < 4.78 is 0. The number of pyridine rings is 1. The van der Waals surface area contributed by atoms with E-state index in [1.165, 1.54) is 0 Å². The number of hydrogen-bond acceptors (Lipinski definition) is 4. The number of hydrogen-bond donors (Lipinski definition) is 1. The van der Waals surface area contributed by atoms with Gasteiger partial charge in [-0.2, -0.15) is 0 Å². The van der Waals surface area contributed by atoms with Crippen molar-refractivity contribution in [1.82, 2.24) is 14.8 Å². The van der Waals surface area contributed by atoms with E-state index in [9.17, 15) is 14.7 Å². The van der Waals surface area contributed by atoms with Crippen LogP contribution >= 0.6 is 0 Å². The lowest BCUT2D eigenvalue weighted by molar-refractivity contribution is -0.156. The van der Waals surface area contributed by atoms with Crippen molar-refractivity contribution in [1.29, 1.82) is 0 Å². The molecule has 2 aliphatic heterocycles. The quantitative estimate of drug-likeness (QED) is 0.841. The van der Waals surface area contributed by atoms with Gasteiger partial charge >= 0.3 is 0 Å². The Morgan fingerprint density at radius 2 is 1.96 bits per heavy atom. The number of piperidine rings is 2. The van der Waals surface area contributed by atoms with Gasteiger partial charge in [-0.1, -0.05) is 0 Å². The van der Waals surface area contributed by atoms with E-state index in [0.717, 1.165) is 12.8 Å². The fraction of sp³-hybridized carbons (Fsp3) is 0.632. The van der Waals surface area contributed by atoms with Crippen LogP contribution in [0.5, 0.6) is 0 Å². The molecule has 2 amide bonds. The molecule has 3 rings (SSSR count). The molecule has 2 aliphatic rings. The molecule has 1 unspecified atom stereocenters. The topological polar surface area (TPSA) is 73.7 Å². The molecule has 6 nitrogen and oxygen atoms in total. The molecule has 2 fully saturated rings. The summed E-state index contributed by atoms with van der Waals surface area (Å²) in [6.45, 7) is 7.36. The summed E-state index contributed by atoms with van der Waals surface area (Å²) in [5, 5.41) is 10.6. The van der Waals surface area contributed by atoms with Crippen LogP contribution in [0.3, 0.4) is 0 Å². The Labute approximate surface area is 148 Å². The fourth-order valence-corrected chi connectivity index (χ4v) is 4.18. The molecule has 0 aliphatic carbocycles. The molecular weight excluding hydrogens is 318 g/mol. The predicted molar refractivity (Wildman–Crippen MR) is 93.9 cm³/mol. The Morgan fingerprint density at radius 3 is 2.52 bits per heavy atom. The molecule has 0 bridgehead atoms. The number of aliphatic hydroxyl groups is 1. The Kier molecular flexibility index (Phi) is 4.58. The first kappa shape index (κ1) is 17.9. The lowest BCUT2D eigenvalue weighted by atomic mass is 9.67. The molecule has 6 heteroatoms. The number of carbonyl (C=O) groups is 2. The average molecular weight is 345 g/mol. The minimum atomic E-state index is -0.550. The highest BCUT2D eigenvalue weighted by molar-refractivity contribution is 5.93. The first-order valence-electron chi connectivity index (χ1n) is 8.91. The number of carbonyl (C=O) groups excluding carboxylic acids is 2. The van der Waals surface area contributed by atoms with Crippen molar-refractivity contribution in [3.05, 3.63) is 30.1 Å². The van der Waals surface area contributed by atoms with E-state index >= 15 is 0 Å². The number of aromatic nitrogens is 1. The average Bonchev–Trinajstić information content (AvgIpc) is 2.59. The zero-order chi connectivity index (χ0) is 18.2. The maximum atomic E-state index is 12.6. The lowest BCUT2D eigenvalue weighted by Gasteiger charge is -2.55. The summed E-state index contributed by atoms with van der Waals surface area (Å²) in [5.74, 6) is 0.0000488. The van der Waals surface area contributed by atoms with Gasteiger partial charge in [0.25, 0.3) is 5.91 Å². The van der Waals surface area contributed by atoms with Crippen LogP contribution < -0.4 is 0 Å². The first-order chi connectivity index (χ1) is 11.8. The second kappa shape index (κ2) is 6.41. The van der Waals surface area contributed by atoms with Crippen LogP contribution in [0.25, 0.3) is 0 Å². The van der Waals surface area contributed by atoms with Crippen molar-refractivity contribution in [3.8, 4) is 0 Å². The minimum absolute atomic E-state index is 0.00279. The number of rotatable bonds is 1. The van der Waals surface area contributed by atoms with Crippen molar-refractivity contribution in [2.75, 3.05) is 19.6 Å². The third-order valence-electron chi connectivity index (χ3n) is 6.03. The second-order valence-electron chi connectivity index (χ2n) is 8.01. The van der Waals surface area contributed by atoms with Crippen molar-refractivity contribution in [2.45, 2.75) is 51.7 Å². The van der Waals surface area contributed by atoms with Crippen LogP contribution in [0, 0.1) is 5.41 Å². The molecule has 0 aromatic carbocycles. The smallest absolute Gasteiger partial charge is 0.255 e. The zero-order valence-electron chi connectivity index (χ0n) is 15.2. The molecule has 1 spiro atoms. The molecule has 0 radical (unpaired) electrons. The van der Waals surface area contributed by atoms with Crippen LogP contribution in [0.2, 0.25) is 0 Å². The summed E-state index contributed by atoms with van der Waals surface area (Å²) >= 11 is 0. The predicted octanol–water partition coefficient (Wildman–Crippen LogP) is 1.70. The molecule has 25 heavy (non-hydrogen) atoms. The zero-order valence-corrected chi connectivity index (χ0v) is 15.2. The number of nitrogens with zero attached hydrogens (tertiary/aromatic N) is 3. The first-order valence-corrected chi connectivity index (χ1v) is 8.91. The standard InChI is InChI=1S/C19H27N3O3/c1-14(23)22-13-19(11-16(24)18(22,2)3)6-9-21(10-7-19)17(25)15-5-4-8-20-12-15/h4-5,8,12,16,24H,6-7,9-11,13H2,1-3H3. The van der Waals surface area contributed by atoms with Crippen molar-refractivity contribution in [2.24, 2.45) is 5.41 Å². The minimum Gasteiger partial charge on any atom is -0.391 e. The molecule has 1 aromatic rings. The van der Waals surface area contributed by atoms with Crippen LogP contribution in [-0.2, 0) is 4.79 Å². The molecule has 3 heterocycles. The van der Waals surface area contributed by atoms with Crippen LogP contribution in [0.15, 0.2) is 24.5 Å². The van der Waals surface area contributed by atoms with E-state index in [1.54, 1.807) is 36.4 Å². The number of aliphatic hydroxyl groups excluding tert-OH is 1. The highest BCUT2D eigenvalue weighted by Gasteiger charge is 2.50. The SMILES string of the molecule is CC(=O)N1CC2(CCN(C(=O)c3cccnc3)CC2)CC(O)C1(C)C. The van der Waals surface area contributed by atoms with Gasteiger partial charge in [0.15, 0.2) is 0 Å². The normalized spacial score (nSPS) is 25.0. The number of likely N-dealkylation sites (tertiary alicyclic amines) is 2. The second-order valence-corrected chi connectivity index (χ2v) is 8.01. The molecule has 136 valence electrons. The van der Waals surface area contributed by atoms with Gasteiger partial charge in [0.05, 0.1) is 17.2 Å². The van der Waals surface area contributed by atoms with Gasteiger partial charge in [-0.25, -0.2) is 0 Å². The fourth-order valence-electron chi connectivity index (χ4n) is 4.18. The summed E-state index contributed by atoms with van der Waals surface area (Å²) in [4.78, 5) is 32.3. The Bertz CT molecular complexity index is 651. The van der Waals surface area contributed by atoms with Gasteiger partial charge in [-0.05, 0) is 50.7 Å². The van der Waals surface area contributed by atoms with E-state index in [2.05, 4.69) is 4.98 Å². The Balaban J connectivity index is 1.71. The van der Waals surface area contributed by atoms with E-state index in [1.807, 2.05) is 18.7 Å². The van der Waals surface area contributed by atoms with E-state index in [-0.39, 0.29) is 17.2 Å². The van der Waals surface area contributed by atoms with Gasteiger partial charge < -0.3 is 14.9 Å². The van der Waals surface area contributed by atoms with Crippen LogP contribution in [0.4, 0.5) is 0 Å². The van der Waals surface area contributed by atoms with Gasteiger partial charge in [0.2, 0.25) is 5.91 Å². The molecule has 1 N–H and O–H groups in total. The van der Waals surface area contributed by atoms with E-state index in [0.29, 0.717) is 31.6 Å². The van der Waals surface area contributed by atoms with Gasteiger partial charge in [0, 0.05) is 39.0 Å². The number of amides is 2. The molecule has 0 saturated carbocycles. The van der Waals surface area contributed by atoms with Gasteiger partial charge in [0.1, 0.15) is 0 Å². The molecule has 1 aromatic heterocycles. The molecular formula is C19H27N3O3. The Morgan fingerprint density at radius 1 is 1.28 bits per heavy atom. The third-order valence-corrected chi connectivity index (χ3v) is 6.03. The summed E-state index contributed by atoms with van der Waals surface area (Å²) in [7, 11) is 0. The van der Waals surface area contributed by atoms with Crippen LogP contribution in [-0.4, -0.2) is 63.0 Å². The molecule has 1 atom stereocenters. The van der Waals surface area contributed by atoms with Crippen molar-refractivity contribution < 1.29 is 14.7 Å². The van der Waals surface area contributed by atoms with Crippen LogP contribution in [0.1, 0.15) is 50.4 Å². The highest BCUT2D eigenvalue weighted by atomic mass is 16.3. The maximum absolute atomic E-state index is 12.6. The van der Waals surface area contributed by atoms with Gasteiger partial charge in [-0.15, -0.1) is 0 Å². The van der Waals surface area contributed by atoms with Gasteiger partial charge in [-0.3, -0.25) is 14.6 Å². The van der Waals surface area contributed by atoms with Crippen molar-refractivity contribution >= 4 is 11.8 Å². The largest absolute Gasteiger partial charge is 0.391 e. The maximum Gasteiger partial charge on any atom is 0.255 e. The third kappa shape index (κ3) is 3.27. The Hall–Kier alpha value is -1.95.